The van der Waals surface area contributed by atoms with Crippen molar-refractivity contribution in [2.75, 3.05) is 38.1 Å². The average Bonchev–Trinajstić information content (AvgIpc) is 2.88. The van der Waals surface area contributed by atoms with Gasteiger partial charge in [0, 0.05) is 35.9 Å². The zero-order valence-electron chi connectivity index (χ0n) is 11.3. The molecule has 1 aliphatic heterocycles. The van der Waals surface area contributed by atoms with Crippen molar-refractivity contribution >= 4 is 27.5 Å². The number of likely N-dealkylation sites (N-methyl/N-ethyl adjacent to an activating group) is 1. The molecule has 1 saturated heterocycles. The van der Waals surface area contributed by atoms with Crippen molar-refractivity contribution in [2.45, 2.75) is 12.8 Å². The number of rotatable bonds is 5. The first kappa shape index (κ1) is 14.3. The predicted molar refractivity (Wildman–Crippen MR) is 84.1 cm³/mol. The third kappa shape index (κ3) is 3.70. The molecule has 1 aromatic rings. The summed E-state index contributed by atoms with van der Waals surface area (Å²) in [4.78, 5) is 4.67. The van der Waals surface area contributed by atoms with Crippen molar-refractivity contribution in [3.63, 3.8) is 0 Å². The normalized spacial score (nSPS) is 15.7. The van der Waals surface area contributed by atoms with E-state index in [0.29, 0.717) is 0 Å². The Kier molecular flexibility index (Phi) is 4.82. The van der Waals surface area contributed by atoms with Gasteiger partial charge in [-0.3, -0.25) is 5.41 Å². The van der Waals surface area contributed by atoms with Crippen LogP contribution in [0.3, 0.4) is 0 Å². The quantitative estimate of drug-likeness (QED) is 0.645. The lowest BCUT2D eigenvalue weighted by molar-refractivity contribution is 0.346. The second kappa shape index (κ2) is 6.39. The van der Waals surface area contributed by atoms with E-state index in [4.69, 9.17) is 11.1 Å². The molecule has 1 aliphatic rings. The average molecular weight is 325 g/mol. The molecule has 0 unspecified atom stereocenters. The molecule has 0 radical (unpaired) electrons. The van der Waals surface area contributed by atoms with Gasteiger partial charge in [-0.05, 0) is 44.1 Å². The first-order valence-corrected chi connectivity index (χ1v) is 7.44. The van der Waals surface area contributed by atoms with E-state index >= 15 is 0 Å². The number of hydrogen-bond acceptors (Lipinski definition) is 3. The molecule has 104 valence electrons. The van der Waals surface area contributed by atoms with Gasteiger partial charge in [-0.25, -0.2) is 0 Å². The van der Waals surface area contributed by atoms with E-state index in [1.807, 2.05) is 18.2 Å². The summed E-state index contributed by atoms with van der Waals surface area (Å²) in [5, 5.41) is 7.69. The summed E-state index contributed by atoms with van der Waals surface area (Å²) in [6.45, 7) is 4.47. The molecule has 2 rings (SSSR count). The van der Waals surface area contributed by atoms with Crippen molar-refractivity contribution in [2.24, 2.45) is 5.73 Å². The molecular weight excluding hydrogens is 304 g/mol. The van der Waals surface area contributed by atoms with Crippen LogP contribution < -0.4 is 10.6 Å². The van der Waals surface area contributed by atoms with Gasteiger partial charge in [0.15, 0.2) is 0 Å². The van der Waals surface area contributed by atoms with E-state index in [-0.39, 0.29) is 5.84 Å². The zero-order chi connectivity index (χ0) is 13.8. The molecule has 19 heavy (non-hydrogen) atoms. The van der Waals surface area contributed by atoms with E-state index in [9.17, 15) is 0 Å². The van der Waals surface area contributed by atoms with Crippen LogP contribution in [0.25, 0.3) is 0 Å². The number of benzene rings is 1. The highest BCUT2D eigenvalue weighted by molar-refractivity contribution is 9.10. The molecular formula is C14H21BrN4. The summed E-state index contributed by atoms with van der Waals surface area (Å²) in [6, 6.07) is 5.92. The first-order chi connectivity index (χ1) is 9.08. The summed E-state index contributed by atoms with van der Waals surface area (Å²) >= 11 is 3.43. The van der Waals surface area contributed by atoms with Crippen LogP contribution in [-0.2, 0) is 0 Å². The van der Waals surface area contributed by atoms with Gasteiger partial charge < -0.3 is 15.5 Å². The minimum Gasteiger partial charge on any atom is -0.384 e. The minimum atomic E-state index is 0.115. The van der Waals surface area contributed by atoms with Crippen molar-refractivity contribution in [1.29, 1.82) is 5.41 Å². The molecule has 0 amide bonds. The number of nitrogens with zero attached hydrogens (tertiary/aromatic N) is 2. The van der Waals surface area contributed by atoms with E-state index in [2.05, 4.69) is 32.8 Å². The van der Waals surface area contributed by atoms with Crippen LogP contribution in [0.5, 0.6) is 0 Å². The van der Waals surface area contributed by atoms with Crippen molar-refractivity contribution < 1.29 is 0 Å². The highest BCUT2D eigenvalue weighted by Gasteiger charge is 2.14. The predicted octanol–water partition coefficient (Wildman–Crippen LogP) is 2.27. The van der Waals surface area contributed by atoms with Gasteiger partial charge in [0.05, 0.1) is 0 Å². The van der Waals surface area contributed by atoms with Crippen LogP contribution in [-0.4, -0.2) is 44.0 Å². The summed E-state index contributed by atoms with van der Waals surface area (Å²) in [5.41, 5.74) is 7.48. The minimum absolute atomic E-state index is 0.115. The Morgan fingerprint density at radius 2 is 2.11 bits per heavy atom. The maximum Gasteiger partial charge on any atom is 0.124 e. The molecule has 0 aliphatic carbocycles. The Morgan fingerprint density at radius 1 is 1.42 bits per heavy atom. The highest BCUT2D eigenvalue weighted by atomic mass is 79.9. The lowest BCUT2D eigenvalue weighted by Gasteiger charge is -2.25. The lowest BCUT2D eigenvalue weighted by atomic mass is 10.1. The van der Waals surface area contributed by atoms with Crippen molar-refractivity contribution in [3.05, 3.63) is 28.2 Å². The Labute approximate surface area is 123 Å². The number of anilines is 1. The van der Waals surface area contributed by atoms with Gasteiger partial charge in [-0.1, -0.05) is 15.9 Å². The summed E-state index contributed by atoms with van der Waals surface area (Å²) in [7, 11) is 2.06. The monoisotopic (exact) mass is 324 g/mol. The third-order valence-corrected chi connectivity index (χ3v) is 4.10. The van der Waals surface area contributed by atoms with Gasteiger partial charge in [-0.15, -0.1) is 0 Å². The van der Waals surface area contributed by atoms with Crippen LogP contribution in [0.15, 0.2) is 22.7 Å². The fourth-order valence-electron chi connectivity index (χ4n) is 2.47. The number of nitrogens with one attached hydrogen (secondary N) is 1. The van der Waals surface area contributed by atoms with E-state index in [1.54, 1.807) is 0 Å². The molecule has 5 heteroatoms. The summed E-state index contributed by atoms with van der Waals surface area (Å²) < 4.78 is 0.953. The van der Waals surface area contributed by atoms with Crippen molar-refractivity contribution in [1.82, 2.24) is 4.90 Å². The molecule has 3 N–H and O–H groups in total. The smallest absolute Gasteiger partial charge is 0.124 e. The van der Waals surface area contributed by atoms with E-state index in [0.717, 1.165) is 28.8 Å². The summed E-state index contributed by atoms with van der Waals surface area (Å²) in [6.07, 6.45) is 2.64. The lowest BCUT2D eigenvalue weighted by Crippen LogP contribution is -2.32. The number of nitrogen functional groups attached to an aromatic ring is 1. The van der Waals surface area contributed by atoms with Gasteiger partial charge in [0.25, 0.3) is 0 Å². The number of halogens is 1. The standard InChI is InChI=1S/C14H21BrN4/c1-18(8-9-19-6-2-3-7-19)13-5-4-11(15)10-12(13)14(16)17/h4-5,10H,2-3,6-9H2,1H3,(H3,16,17). The van der Waals surface area contributed by atoms with Crippen LogP contribution in [0.1, 0.15) is 18.4 Å². The molecule has 0 spiro atoms. The van der Waals surface area contributed by atoms with E-state index in [1.165, 1.54) is 25.9 Å². The fourth-order valence-corrected chi connectivity index (χ4v) is 2.84. The first-order valence-electron chi connectivity index (χ1n) is 6.65. The second-order valence-corrected chi connectivity index (χ2v) is 5.96. The number of hydrogen-bond donors (Lipinski definition) is 2. The topological polar surface area (TPSA) is 56.4 Å². The van der Waals surface area contributed by atoms with E-state index < -0.39 is 0 Å². The Hall–Kier alpha value is -1.07. The number of likely N-dealkylation sites (tertiary alicyclic amines) is 1. The van der Waals surface area contributed by atoms with Gasteiger partial charge in [0.2, 0.25) is 0 Å². The van der Waals surface area contributed by atoms with Crippen LogP contribution in [0.4, 0.5) is 5.69 Å². The molecule has 0 atom stereocenters. The zero-order valence-corrected chi connectivity index (χ0v) is 12.9. The van der Waals surface area contributed by atoms with Crippen LogP contribution >= 0.6 is 15.9 Å². The van der Waals surface area contributed by atoms with Crippen molar-refractivity contribution in [3.8, 4) is 0 Å². The van der Waals surface area contributed by atoms with Gasteiger partial charge in [-0.2, -0.15) is 0 Å². The fraction of sp³-hybridized carbons (Fsp3) is 0.500. The molecule has 0 aromatic heterocycles. The maximum absolute atomic E-state index is 7.69. The molecule has 1 heterocycles. The van der Waals surface area contributed by atoms with Gasteiger partial charge >= 0.3 is 0 Å². The molecule has 0 saturated carbocycles. The molecule has 1 fully saturated rings. The molecule has 1 aromatic carbocycles. The van der Waals surface area contributed by atoms with Crippen LogP contribution in [0, 0.1) is 5.41 Å². The Balaban J connectivity index is 2.05. The highest BCUT2D eigenvalue weighted by Crippen LogP contribution is 2.23. The third-order valence-electron chi connectivity index (χ3n) is 3.61. The molecule has 4 nitrogen and oxygen atoms in total. The maximum atomic E-state index is 7.69. The second-order valence-electron chi connectivity index (χ2n) is 5.05. The number of nitrogens with two attached hydrogens (primary N) is 1. The Bertz CT molecular complexity index is 455. The summed E-state index contributed by atoms with van der Waals surface area (Å²) in [5.74, 6) is 0.115. The van der Waals surface area contributed by atoms with Crippen LogP contribution in [0.2, 0.25) is 0 Å². The SMILES string of the molecule is CN(CCN1CCCC1)c1ccc(Br)cc1C(=N)N. The molecule has 0 bridgehead atoms. The number of amidine groups is 1. The Morgan fingerprint density at radius 3 is 2.74 bits per heavy atom. The largest absolute Gasteiger partial charge is 0.384 e. The van der Waals surface area contributed by atoms with Gasteiger partial charge in [0.1, 0.15) is 5.84 Å².